The fraction of sp³-hybridized carbons (Fsp3) is 0.500. The smallest absolute Gasteiger partial charge is 0.254 e. The molecule has 0 aliphatic carbocycles. The van der Waals surface area contributed by atoms with Crippen molar-refractivity contribution in [3.63, 3.8) is 0 Å². The van der Waals surface area contributed by atoms with Crippen LogP contribution >= 0.6 is 0 Å². The van der Waals surface area contributed by atoms with Crippen molar-refractivity contribution >= 4 is 5.91 Å². The lowest BCUT2D eigenvalue weighted by Crippen LogP contribution is -2.39. The molecule has 2 atom stereocenters. The number of carbonyl (C=O) groups is 1. The van der Waals surface area contributed by atoms with Crippen LogP contribution in [0, 0.1) is 0 Å². The predicted octanol–water partition coefficient (Wildman–Crippen LogP) is 3.00. The van der Waals surface area contributed by atoms with Gasteiger partial charge in [-0.05, 0) is 32.3 Å². The summed E-state index contributed by atoms with van der Waals surface area (Å²) in [7, 11) is 0. The zero-order valence-electron chi connectivity index (χ0n) is 14.2. The Labute approximate surface area is 142 Å². The van der Waals surface area contributed by atoms with Crippen molar-refractivity contribution in [3.05, 3.63) is 42.1 Å². The zero-order valence-corrected chi connectivity index (χ0v) is 14.2. The summed E-state index contributed by atoms with van der Waals surface area (Å²) in [4.78, 5) is 26.4. The number of pyridine rings is 1. The van der Waals surface area contributed by atoms with Crippen molar-refractivity contribution in [2.75, 3.05) is 13.1 Å². The Kier molecular flexibility index (Phi) is 5.13. The number of imidazole rings is 1. The molecule has 24 heavy (non-hydrogen) atoms. The second-order valence-electron chi connectivity index (χ2n) is 6.28. The maximum absolute atomic E-state index is 12.8. The number of aromatic amines is 1. The maximum Gasteiger partial charge on any atom is 0.254 e. The minimum absolute atomic E-state index is 0.0302. The summed E-state index contributed by atoms with van der Waals surface area (Å²) >= 11 is 0. The number of nitrogens with one attached hydrogen (secondary N) is 1. The van der Waals surface area contributed by atoms with E-state index in [4.69, 9.17) is 4.74 Å². The van der Waals surface area contributed by atoms with E-state index in [1.807, 2.05) is 18.0 Å². The molecule has 6 nitrogen and oxygen atoms in total. The van der Waals surface area contributed by atoms with Gasteiger partial charge in [-0.25, -0.2) is 9.97 Å². The summed E-state index contributed by atoms with van der Waals surface area (Å²) in [5.74, 6) is 1.77. The number of H-pyrrole nitrogens is 1. The Morgan fingerprint density at radius 3 is 3.08 bits per heavy atom. The Morgan fingerprint density at radius 1 is 1.46 bits per heavy atom. The van der Waals surface area contributed by atoms with Crippen LogP contribution in [0.3, 0.4) is 0 Å². The molecule has 2 aromatic rings. The van der Waals surface area contributed by atoms with Gasteiger partial charge in [0.15, 0.2) is 0 Å². The quantitative estimate of drug-likeness (QED) is 0.916. The lowest BCUT2D eigenvalue weighted by Gasteiger charge is -2.32. The molecule has 1 aliphatic rings. The standard InChI is InChI=1S/C18H24N4O2/c1-3-13(2)24-16-11-14(6-7-19-16)18(23)22-10-4-5-15(12-22)17-20-8-9-21-17/h6-9,11,13,15H,3-5,10,12H2,1-2H3,(H,20,21)/t13-,15-/m1/s1. The van der Waals surface area contributed by atoms with E-state index in [2.05, 4.69) is 21.9 Å². The second kappa shape index (κ2) is 7.47. The zero-order chi connectivity index (χ0) is 16.9. The first-order valence-electron chi connectivity index (χ1n) is 8.58. The average molecular weight is 328 g/mol. The summed E-state index contributed by atoms with van der Waals surface area (Å²) in [6.07, 6.45) is 8.25. The molecule has 0 aromatic carbocycles. The summed E-state index contributed by atoms with van der Waals surface area (Å²) in [5, 5.41) is 0. The molecule has 3 heterocycles. The third kappa shape index (κ3) is 3.75. The van der Waals surface area contributed by atoms with Gasteiger partial charge in [0, 0.05) is 49.2 Å². The molecule has 1 amide bonds. The number of rotatable bonds is 5. The van der Waals surface area contributed by atoms with Gasteiger partial charge in [-0.2, -0.15) is 0 Å². The number of amides is 1. The molecule has 0 spiro atoms. The molecule has 0 saturated carbocycles. The predicted molar refractivity (Wildman–Crippen MR) is 91.1 cm³/mol. The van der Waals surface area contributed by atoms with Crippen LogP contribution < -0.4 is 4.74 Å². The lowest BCUT2D eigenvalue weighted by molar-refractivity contribution is 0.0703. The van der Waals surface area contributed by atoms with Crippen molar-refractivity contribution in [1.82, 2.24) is 19.9 Å². The molecule has 3 rings (SSSR count). The molecule has 2 aromatic heterocycles. The van der Waals surface area contributed by atoms with Crippen molar-refractivity contribution in [3.8, 4) is 5.88 Å². The highest BCUT2D eigenvalue weighted by Crippen LogP contribution is 2.25. The second-order valence-corrected chi connectivity index (χ2v) is 6.28. The molecule has 0 radical (unpaired) electrons. The fourth-order valence-corrected chi connectivity index (χ4v) is 2.96. The lowest BCUT2D eigenvalue weighted by atomic mass is 9.97. The fourth-order valence-electron chi connectivity index (χ4n) is 2.96. The van der Waals surface area contributed by atoms with Crippen molar-refractivity contribution in [2.24, 2.45) is 0 Å². The molecular formula is C18H24N4O2. The van der Waals surface area contributed by atoms with Gasteiger partial charge in [-0.3, -0.25) is 4.79 Å². The Balaban J connectivity index is 1.70. The van der Waals surface area contributed by atoms with E-state index >= 15 is 0 Å². The summed E-state index contributed by atoms with van der Waals surface area (Å²) in [6, 6.07) is 3.49. The molecule has 128 valence electrons. The molecule has 0 unspecified atom stereocenters. The SMILES string of the molecule is CC[C@@H](C)Oc1cc(C(=O)N2CCC[C@@H](c3ncc[nH]3)C2)ccn1. The van der Waals surface area contributed by atoms with Crippen molar-refractivity contribution in [2.45, 2.75) is 45.1 Å². The molecule has 0 bridgehead atoms. The van der Waals surface area contributed by atoms with Crippen molar-refractivity contribution in [1.29, 1.82) is 0 Å². The number of hydrogen-bond donors (Lipinski definition) is 1. The topological polar surface area (TPSA) is 71.1 Å². The van der Waals surface area contributed by atoms with E-state index in [1.54, 1.807) is 24.5 Å². The van der Waals surface area contributed by atoms with Gasteiger partial charge in [-0.15, -0.1) is 0 Å². The van der Waals surface area contributed by atoms with Crippen LogP contribution in [0.4, 0.5) is 0 Å². The number of nitrogens with zero attached hydrogens (tertiary/aromatic N) is 3. The van der Waals surface area contributed by atoms with Gasteiger partial charge in [0.25, 0.3) is 5.91 Å². The monoisotopic (exact) mass is 328 g/mol. The molecule has 1 fully saturated rings. The molecule has 1 saturated heterocycles. The largest absolute Gasteiger partial charge is 0.475 e. The van der Waals surface area contributed by atoms with Crippen LogP contribution in [0.2, 0.25) is 0 Å². The number of piperidine rings is 1. The number of carbonyl (C=O) groups excluding carboxylic acids is 1. The van der Waals surface area contributed by atoms with Gasteiger partial charge in [0.2, 0.25) is 5.88 Å². The van der Waals surface area contributed by atoms with Crippen molar-refractivity contribution < 1.29 is 9.53 Å². The van der Waals surface area contributed by atoms with Crippen LogP contribution in [0.1, 0.15) is 55.2 Å². The first-order valence-corrected chi connectivity index (χ1v) is 8.58. The van der Waals surface area contributed by atoms with E-state index in [-0.39, 0.29) is 17.9 Å². The minimum atomic E-state index is 0.0302. The normalized spacial score (nSPS) is 19.1. The molecule has 6 heteroatoms. The van der Waals surface area contributed by atoms with Crippen LogP contribution in [0.15, 0.2) is 30.7 Å². The van der Waals surface area contributed by atoms with E-state index in [0.29, 0.717) is 18.0 Å². The highest BCUT2D eigenvalue weighted by Gasteiger charge is 2.27. The van der Waals surface area contributed by atoms with Gasteiger partial charge >= 0.3 is 0 Å². The Morgan fingerprint density at radius 2 is 2.33 bits per heavy atom. The number of ether oxygens (including phenoxy) is 1. The van der Waals surface area contributed by atoms with Gasteiger partial charge in [-0.1, -0.05) is 6.92 Å². The average Bonchev–Trinajstić information content (AvgIpc) is 3.16. The first-order chi connectivity index (χ1) is 11.7. The summed E-state index contributed by atoms with van der Waals surface area (Å²) < 4.78 is 5.72. The third-order valence-corrected chi connectivity index (χ3v) is 4.49. The third-order valence-electron chi connectivity index (χ3n) is 4.49. The number of aromatic nitrogens is 3. The van der Waals surface area contributed by atoms with E-state index in [1.165, 1.54) is 0 Å². The Hall–Kier alpha value is -2.37. The highest BCUT2D eigenvalue weighted by atomic mass is 16.5. The minimum Gasteiger partial charge on any atom is -0.475 e. The summed E-state index contributed by atoms with van der Waals surface area (Å²) in [5.41, 5.74) is 0.628. The van der Waals surface area contributed by atoms with Crippen LogP contribution in [0.5, 0.6) is 5.88 Å². The van der Waals surface area contributed by atoms with E-state index in [9.17, 15) is 4.79 Å². The summed E-state index contributed by atoms with van der Waals surface area (Å²) in [6.45, 7) is 5.52. The molecule has 1 N–H and O–H groups in total. The first kappa shape index (κ1) is 16.5. The van der Waals surface area contributed by atoms with E-state index < -0.39 is 0 Å². The van der Waals surface area contributed by atoms with Crippen LogP contribution in [-0.2, 0) is 0 Å². The molecular weight excluding hydrogens is 304 g/mol. The van der Waals surface area contributed by atoms with Gasteiger partial charge in [0.1, 0.15) is 5.82 Å². The van der Waals surface area contributed by atoms with Gasteiger partial charge < -0.3 is 14.6 Å². The maximum atomic E-state index is 12.8. The number of hydrogen-bond acceptors (Lipinski definition) is 4. The Bertz CT molecular complexity index is 671. The van der Waals surface area contributed by atoms with Crippen LogP contribution in [0.25, 0.3) is 0 Å². The van der Waals surface area contributed by atoms with Gasteiger partial charge in [0.05, 0.1) is 6.10 Å². The highest BCUT2D eigenvalue weighted by molar-refractivity contribution is 5.94. The van der Waals surface area contributed by atoms with Crippen LogP contribution in [-0.4, -0.2) is 45.0 Å². The van der Waals surface area contributed by atoms with E-state index in [0.717, 1.165) is 31.6 Å². The number of likely N-dealkylation sites (tertiary alicyclic amines) is 1. The molecule has 1 aliphatic heterocycles.